The Labute approximate surface area is 129 Å². The van der Waals surface area contributed by atoms with Gasteiger partial charge in [0, 0.05) is 27.6 Å². The third-order valence-corrected chi connectivity index (χ3v) is 3.85. The van der Waals surface area contributed by atoms with Gasteiger partial charge < -0.3 is 0 Å². The summed E-state index contributed by atoms with van der Waals surface area (Å²) in [7, 11) is 0. The molecule has 0 aliphatic heterocycles. The molecule has 4 nitrogen and oxygen atoms in total. The zero-order valence-corrected chi connectivity index (χ0v) is 12.8. The van der Waals surface area contributed by atoms with Crippen LogP contribution in [0, 0.1) is 17.0 Å². The van der Waals surface area contributed by atoms with Gasteiger partial charge in [-0.3, -0.25) is 10.1 Å². The third-order valence-electron chi connectivity index (χ3n) is 3.24. The molecule has 3 aromatic rings. The summed E-state index contributed by atoms with van der Waals surface area (Å²) in [5, 5.41) is 11.9. The SMILES string of the molecule is Cc1cc(Br)c2nc(-c3cccc([N+](=O)[O-])c3)ccc2c1. The standard InChI is InChI=1S/C16H11BrN2O2/c1-10-7-12-5-6-15(18-16(12)14(17)8-10)11-3-2-4-13(9-11)19(20)21/h2-9H,1H3. The van der Waals surface area contributed by atoms with Crippen molar-refractivity contribution in [3.8, 4) is 11.3 Å². The van der Waals surface area contributed by atoms with Crippen molar-refractivity contribution in [3.63, 3.8) is 0 Å². The van der Waals surface area contributed by atoms with Crippen LogP contribution in [0.1, 0.15) is 5.56 Å². The normalized spacial score (nSPS) is 10.8. The Balaban J connectivity index is 2.17. The number of hydrogen-bond donors (Lipinski definition) is 0. The highest BCUT2D eigenvalue weighted by atomic mass is 79.9. The Hall–Kier alpha value is -2.27. The number of hydrogen-bond acceptors (Lipinski definition) is 3. The quantitative estimate of drug-likeness (QED) is 0.492. The number of rotatable bonds is 2. The molecule has 0 unspecified atom stereocenters. The summed E-state index contributed by atoms with van der Waals surface area (Å²) in [6.45, 7) is 2.03. The molecule has 0 spiro atoms. The van der Waals surface area contributed by atoms with Crippen LogP contribution in [0.5, 0.6) is 0 Å². The molecule has 1 heterocycles. The maximum absolute atomic E-state index is 10.9. The van der Waals surface area contributed by atoms with Crippen LogP contribution >= 0.6 is 15.9 Å². The van der Waals surface area contributed by atoms with Gasteiger partial charge in [-0.1, -0.05) is 18.2 Å². The van der Waals surface area contributed by atoms with Crippen molar-refractivity contribution < 1.29 is 4.92 Å². The summed E-state index contributed by atoms with van der Waals surface area (Å²) in [5.41, 5.74) is 3.52. The average molecular weight is 343 g/mol. The topological polar surface area (TPSA) is 56.0 Å². The van der Waals surface area contributed by atoms with Crippen LogP contribution in [0.3, 0.4) is 0 Å². The van der Waals surface area contributed by atoms with Crippen LogP contribution in [-0.2, 0) is 0 Å². The smallest absolute Gasteiger partial charge is 0.258 e. The Bertz CT molecular complexity index is 862. The first-order valence-corrected chi connectivity index (χ1v) is 7.15. The summed E-state index contributed by atoms with van der Waals surface area (Å²) in [6.07, 6.45) is 0. The van der Waals surface area contributed by atoms with E-state index >= 15 is 0 Å². The molecule has 3 rings (SSSR count). The molecule has 0 fully saturated rings. The predicted octanol–water partition coefficient (Wildman–Crippen LogP) is 4.88. The summed E-state index contributed by atoms with van der Waals surface area (Å²) < 4.78 is 0.921. The van der Waals surface area contributed by atoms with E-state index in [1.54, 1.807) is 6.07 Å². The van der Waals surface area contributed by atoms with Gasteiger partial charge in [-0.2, -0.15) is 0 Å². The van der Waals surface area contributed by atoms with Crippen LogP contribution in [0.4, 0.5) is 5.69 Å². The lowest BCUT2D eigenvalue weighted by atomic mass is 10.1. The molecule has 0 amide bonds. The second kappa shape index (κ2) is 5.26. The lowest BCUT2D eigenvalue weighted by Crippen LogP contribution is -1.90. The summed E-state index contributed by atoms with van der Waals surface area (Å²) in [5.74, 6) is 0. The summed E-state index contributed by atoms with van der Waals surface area (Å²) in [6, 6.07) is 14.4. The van der Waals surface area contributed by atoms with Crippen molar-refractivity contribution in [2.45, 2.75) is 6.92 Å². The minimum Gasteiger partial charge on any atom is -0.258 e. The number of nitro benzene ring substituents is 1. The second-order valence-electron chi connectivity index (χ2n) is 4.82. The average Bonchev–Trinajstić information content (AvgIpc) is 2.47. The van der Waals surface area contributed by atoms with Gasteiger partial charge >= 0.3 is 0 Å². The van der Waals surface area contributed by atoms with E-state index in [1.165, 1.54) is 12.1 Å². The number of fused-ring (bicyclic) bond motifs is 1. The maximum atomic E-state index is 10.9. The molecule has 5 heteroatoms. The van der Waals surface area contributed by atoms with E-state index in [2.05, 4.69) is 27.0 Å². The van der Waals surface area contributed by atoms with Crippen molar-refractivity contribution in [2.75, 3.05) is 0 Å². The van der Waals surface area contributed by atoms with Gasteiger partial charge in [0.25, 0.3) is 5.69 Å². The fourth-order valence-corrected chi connectivity index (χ4v) is 2.95. The number of benzene rings is 2. The lowest BCUT2D eigenvalue weighted by Gasteiger charge is -2.06. The van der Waals surface area contributed by atoms with Crippen molar-refractivity contribution in [3.05, 3.63) is 68.7 Å². The van der Waals surface area contributed by atoms with Crippen molar-refractivity contribution in [1.82, 2.24) is 4.98 Å². The van der Waals surface area contributed by atoms with Gasteiger partial charge in [-0.05, 0) is 46.6 Å². The number of halogens is 1. The largest absolute Gasteiger partial charge is 0.270 e. The molecule has 0 saturated heterocycles. The monoisotopic (exact) mass is 342 g/mol. The first-order chi connectivity index (χ1) is 10.0. The van der Waals surface area contributed by atoms with E-state index in [0.29, 0.717) is 0 Å². The molecule has 0 atom stereocenters. The second-order valence-corrected chi connectivity index (χ2v) is 5.68. The molecular weight excluding hydrogens is 332 g/mol. The predicted molar refractivity (Wildman–Crippen MR) is 86.3 cm³/mol. The minimum absolute atomic E-state index is 0.0670. The Morgan fingerprint density at radius 1 is 1.14 bits per heavy atom. The highest BCUT2D eigenvalue weighted by Crippen LogP contribution is 2.28. The number of aryl methyl sites for hydroxylation is 1. The first kappa shape index (κ1) is 13.7. The lowest BCUT2D eigenvalue weighted by molar-refractivity contribution is -0.384. The number of nitro groups is 1. The molecule has 2 aromatic carbocycles. The molecule has 0 bridgehead atoms. The van der Waals surface area contributed by atoms with E-state index in [1.807, 2.05) is 31.2 Å². The molecular formula is C16H11BrN2O2. The Morgan fingerprint density at radius 3 is 2.71 bits per heavy atom. The van der Waals surface area contributed by atoms with Gasteiger partial charge in [0.15, 0.2) is 0 Å². The molecule has 1 aromatic heterocycles. The van der Waals surface area contributed by atoms with E-state index in [-0.39, 0.29) is 5.69 Å². The highest BCUT2D eigenvalue weighted by molar-refractivity contribution is 9.10. The zero-order valence-electron chi connectivity index (χ0n) is 11.2. The minimum atomic E-state index is -0.399. The molecule has 21 heavy (non-hydrogen) atoms. The van der Waals surface area contributed by atoms with Crippen LogP contribution in [-0.4, -0.2) is 9.91 Å². The van der Waals surface area contributed by atoms with E-state index < -0.39 is 4.92 Å². The van der Waals surface area contributed by atoms with E-state index in [9.17, 15) is 10.1 Å². The van der Waals surface area contributed by atoms with Gasteiger partial charge in [0.1, 0.15) is 0 Å². The van der Waals surface area contributed by atoms with Crippen molar-refractivity contribution in [2.24, 2.45) is 0 Å². The molecule has 0 aliphatic carbocycles. The van der Waals surface area contributed by atoms with E-state index in [4.69, 9.17) is 0 Å². The third kappa shape index (κ3) is 2.64. The fraction of sp³-hybridized carbons (Fsp3) is 0.0625. The van der Waals surface area contributed by atoms with Gasteiger partial charge in [-0.25, -0.2) is 4.98 Å². The van der Waals surface area contributed by atoms with Crippen LogP contribution in [0.25, 0.3) is 22.2 Å². The maximum Gasteiger partial charge on any atom is 0.270 e. The van der Waals surface area contributed by atoms with Gasteiger partial charge in [0.2, 0.25) is 0 Å². The number of pyridine rings is 1. The van der Waals surface area contributed by atoms with Crippen LogP contribution in [0.15, 0.2) is 53.0 Å². The Morgan fingerprint density at radius 2 is 1.95 bits per heavy atom. The molecule has 0 N–H and O–H groups in total. The molecule has 0 aliphatic rings. The number of aromatic nitrogens is 1. The number of nitrogens with zero attached hydrogens (tertiary/aromatic N) is 2. The Kier molecular flexibility index (Phi) is 3.43. The van der Waals surface area contributed by atoms with Crippen molar-refractivity contribution in [1.29, 1.82) is 0 Å². The zero-order chi connectivity index (χ0) is 15.0. The first-order valence-electron chi connectivity index (χ1n) is 6.36. The van der Waals surface area contributed by atoms with Crippen LogP contribution in [0.2, 0.25) is 0 Å². The van der Waals surface area contributed by atoms with Crippen molar-refractivity contribution >= 4 is 32.5 Å². The van der Waals surface area contributed by atoms with E-state index in [0.717, 1.165) is 32.2 Å². The molecule has 0 saturated carbocycles. The number of non-ortho nitro benzene ring substituents is 1. The van der Waals surface area contributed by atoms with Crippen LogP contribution < -0.4 is 0 Å². The molecule has 0 radical (unpaired) electrons. The van der Waals surface area contributed by atoms with Gasteiger partial charge in [-0.15, -0.1) is 0 Å². The molecule has 104 valence electrons. The summed E-state index contributed by atoms with van der Waals surface area (Å²) >= 11 is 3.52. The summed E-state index contributed by atoms with van der Waals surface area (Å²) in [4.78, 5) is 15.1. The highest BCUT2D eigenvalue weighted by Gasteiger charge is 2.09. The fourth-order valence-electron chi connectivity index (χ4n) is 2.27. The van der Waals surface area contributed by atoms with Gasteiger partial charge in [0.05, 0.1) is 16.1 Å².